The molecule has 0 unspecified atom stereocenters. The first-order chi connectivity index (χ1) is 18.0. The van der Waals surface area contributed by atoms with Crippen LogP contribution in [0.1, 0.15) is 29.8 Å². The number of benzene rings is 2. The van der Waals surface area contributed by atoms with Gasteiger partial charge in [0.25, 0.3) is 0 Å². The largest absolute Gasteiger partial charge is 0.491 e. The van der Waals surface area contributed by atoms with Gasteiger partial charge < -0.3 is 19.8 Å². The molecule has 1 aliphatic rings. The number of pyridine rings is 1. The molecule has 2 N–H and O–H groups in total. The van der Waals surface area contributed by atoms with Crippen molar-refractivity contribution in [1.82, 2.24) is 9.88 Å². The number of hydrogen-bond acceptors (Lipinski definition) is 6. The highest BCUT2D eigenvalue weighted by Gasteiger charge is 2.36. The SMILES string of the molecule is C[C@@](O)(CN1CCN(c2ccc(OCCO)cc2Cl)[C@H](c2ccc(F)cc2)C1)c1ccc(C(F)(F)F)cn1. The molecule has 1 aliphatic heterocycles. The van der Waals surface area contributed by atoms with Gasteiger partial charge in [0.2, 0.25) is 0 Å². The molecule has 0 aliphatic carbocycles. The predicted molar refractivity (Wildman–Crippen MR) is 136 cm³/mol. The predicted octanol–water partition coefficient (Wildman–Crippen LogP) is 5.04. The molecule has 1 fully saturated rings. The molecule has 0 bridgehead atoms. The lowest BCUT2D eigenvalue weighted by Gasteiger charge is -2.45. The van der Waals surface area contributed by atoms with Crippen molar-refractivity contribution in [2.24, 2.45) is 0 Å². The van der Waals surface area contributed by atoms with E-state index < -0.39 is 17.3 Å². The van der Waals surface area contributed by atoms with E-state index in [-0.39, 0.29) is 37.3 Å². The third-order valence-corrected chi connectivity index (χ3v) is 6.78. The maximum absolute atomic E-state index is 13.7. The van der Waals surface area contributed by atoms with Gasteiger partial charge in [-0.2, -0.15) is 13.2 Å². The Hall–Kier alpha value is -2.92. The normalized spacial score (nSPS) is 18.3. The number of nitrogens with zero attached hydrogens (tertiary/aromatic N) is 3. The van der Waals surface area contributed by atoms with Gasteiger partial charge in [0, 0.05) is 38.4 Å². The lowest BCUT2D eigenvalue weighted by atomic mass is 9.97. The molecular weight excluding hydrogens is 526 g/mol. The highest BCUT2D eigenvalue weighted by molar-refractivity contribution is 6.33. The van der Waals surface area contributed by atoms with Crippen LogP contribution in [0.3, 0.4) is 0 Å². The number of hydrogen-bond donors (Lipinski definition) is 2. The third-order valence-electron chi connectivity index (χ3n) is 6.48. The molecule has 0 saturated carbocycles. The van der Waals surface area contributed by atoms with Gasteiger partial charge in [-0.05, 0) is 48.9 Å². The fraction of sp³-hybridized carbons (Fsp3) is 0.370. The van der Waals surface area contributed by atoms with Crippen molar-refractivity contribution in [2.75, 3.05) is 44.3 Å². The van der Waals surface area contributed by atoms with Crippen molar-refractivity contribution < 1.29 is 32.5 Å². The smallest absolute Gasteiger partial charge is 0.417 e. The quantitative estimate of drug-likeness (QED) is 0.381. The number of aromatic nitrogens is 1. The summed E-state index contributed by atoms with van der Waals surface area (Å²) < 4.78 is 57.9. The third kappa shape index (κ3) is 6.55. The molecule has 0 amide bonds. The Kier molecular flexibility index (Phi) is 8.46. The Morgan fingerprint density at radius 2 is 1.82 bits per heavy atom. The van der Waals surface area contributed by atoms with E-state index in [1.165, 1.54) is 25.1 Å². The molecular formula is C27H28ClF4N3O3. The minimum atomic E-state index is -4.51. The molecule has 0 spiro atoms. The highest BCUT2D eigenvalue weighted by Crippen LogP contribution is 2.38. The number of ether oxygens (including phenoxy) is 1. The Labute approximate surface area is 223 Å². The standard InChI is InChI=1S/C27H28ClF4N3O3/c1-26(37,25-9-4-19(15-33-25)27(30,31)32)17-34-10-11-35(24(16-34)18-2-5-20(29)6-3-18)23-8-7-21(14-22(23)28)38-13-12-36/h2-9,14-15,24,36-37H,10-13,16-17H2,1H3/t24-,26+/m0/s1. The van der Waals surface area contributed by atoms with E-state index in [4.69, 9.17) is 21.4 Å². The lowest BCUT2D eigenvalue weighted by Crippen LogP contribution is -2.52. The van der Waals surface area contributed by atoms with Crippen LogP contribution in [0.4, 0.5) is 23.2 Å². The van der Waals surface area contributed by atoms with Gasteiger partial charge in [0.05, 0.1) is 34.6 Å². The van der Waals surface area contributed by atoms with Crippen molar-refractivity contribution >= 4 is 17.3 Å². The van der Waals surface area contributed by atoms with E-state index in [0.717, 1.165) is 23.5 Å². The topological polar surface area (TPSA) is 69.1 Å². The maximum atomic E-state index is 13.7. The molecule has 11 heteroatoms. The van der Waals surface area contributed by atoms with Gasteiger partial charge >= 0.3 is 6.18 Å². The van der Waals surface area contributed by atoms with Crippen molar-refractivity contribution in [3.8, 4) is 5.75 Å². The minimum absolute atomic E-state index is 0.124. The minimum Gasteiger partial charge on any atom is -0.491 e. The summed E-state index contributed by atoms with van der Waals surface area (Å²) in [5.41, 5.74) is -0.684. The average Bonchev–Trinajstić information content (AvgIpc) is 2.87. The van der Waals surface area contributed by atoms with Gasteiger partial charge in [-0.25, -0.2) is 4.39 Å². The zero-order chi connectivity index (χ0) is 27.5. The van der Waals surface area contributed by atoms with Crippen LogP contribution in [0, 0.1) is 5.82 Å². The van der Waals surface area contributed by atoms with Crippen LogP contribution in [-0.4, -0.2) is 59.5 Å². The zero-order valence-electron chi connectivity index (χ0n) is 20.6. The molecule has 2 atom stereocenters. The fourth-order valence-electron chi connectivity index (χ4n) is 4.61. The summed E-state index contributed by atoms with van der Waals surface area (Å²) in [5, 5.41) is 20.6. The molecule has 4 rings (SSSR count). The van der Waals surface area contributed by atoms with Crippen LogP contribution < -0.4 is 9.64 Å². The number of β-amino-alcohol motifs (C(OH)–C–C–N with tert-alkyl or cyclic N) is 1. The van der Waals surface area contributed by atoms with E-state index in [0.29, 0.717) is 30.4 Å². The van der Waals surface area contributed by atoms with Gasteiger partial charge in [-0.15, -0.1) is 0 Å². The first-order valence-corrected chi connectivity index (χ1v) is 12.4. The number of aliphatic hydroxyl groups is 2. The van der Waals surface area contributed by atoms with E-state index in [2.05, 4.69) is 9.88 Å². The summed E-state index contributed by atoms with van der Waals surface area (Å²) in [6.07, 6.45) is -3.79. The van der Waals surface area contributed by atoms with Crippen molar-refractivity contribution in [1.29, 1.82) is 0 Å². The van der Waals surface area contributed by atoms with Gasteiger partial charge in [0.15, 0.2) is 0 Å². The highest BCUT2D eigenvalue weighted by atomic mass is 35.5. The van der Waals surface area contributed by atoms with E-state index in [9.17, 15) is 22.7 Å². The summed E-state index contributed by atoms with van der Waals surface area (Å²) in [6.45, 7) is 3.12. The second-order valence-electron chi connectivity index (χ2n) is 9.38. The number of anilines is 1. The monoisotopic (exact) mass is 553 g/mol. The number of rotatable bonds is 8. The van der Waals surface area contributed by atoms with E-state index in [1.807, 2.05) is 11.0 Å². The van der Waals surface area contributed by atoms with Crippen molar-refractivity contribution in [3.05, 3.63) is 88.5 Å². The molecule has 204 valence electrons. The lowest BCUT2D eigenvalue weighted by molar-refractivity contribution is -0.137. The van der Waals surface area contributed by atoms with E-state index >= 15 is 0 Å². The van der Waals surface area contributed by atoms with E-state index in [1.54, 1.807) is 24.3 Å². The van der Waals surface area contributed by atoms with Crippen LogP contribution in [-0.2, 0) is 11.8 Å². The Morgan fingerprint density at radius 1 is 1.08 bits per heavy atom. The van der Waals surface area contributed by atoms with Crippen LogP contribution in [0.5, 0.6) is 5.75 Å². The fourth-order valence-corrected chi connectivity index (χ4v) is 4.89. The molecule has 3 aromatic rings. The van der Waals surface area contributed by atoms with Gasteiger partial charge in [-0.3, -0.25) is 9.88 Å². The Bertz CT molecular complexity index is 1220. The maximum Gasteiger partial charge on any atom is 0.417 e. The molecule has 2 heterocycles. The van der Waals surface area contributed by atoms with Crippen molar-refractivity contribution in [2.45, 2.75) is 24.7 Å². The number of alkyl halides is 3. The molecule has 6 nitrogen and oxygen atoms in total. The first kappa shape index (κ1) is 28.1. The Morgan fingerprint density at radius 3 is 2.42 bits per heavy atom. The second kappa shape index (κ2) is 11.4. The first-order valence-electron chi connectivity index (χ1n) is 12.0. The molecule has 38 heavy (non-hydrogen) atoms. The van der Waals surface area contributed by atoms with Crippen LogP contribution in [0.2, 0.25) is 5.02 Å². The Balaban J connectivity index is 1.57. The molecule has 1 saturated heterocycles. The van der Waals surface area contributed by atoms with Gasteiger partial charge in [-0.1, -0.05) is 23.7 Å². The molecule has 0 radical (unpaired) electrons. The summed E-state index contributed by atoms with van der Waals surface area (Å²) in [4.78, 5) is 7.97. The average molecular weight is 554 g/mol. The second-order valence-corrected chi connectivity index (χ2v) is 9.79. The van der Waals surface area contributed by atoms with Crippen molar-refractivity contribution in [3.63, 3.8) is 0 Å². The molecule has 2 aromatic carbocycles. The number of aliphatic hydroxyl groups excluding tert-OH is 1. The number of halogens is 5. The van der Waals surface area contributed by atoms with Crippen LogP contribution in [0.25, 0.3) is 0 Å². The van der Waals surface area contributed by atoms with Crippen LogP contribution in [0.15, 0.2) is 60.8 Å². The summed E-state index contributed by atoms with van der Waals surface area (Å²) in [5.74, 6) is 0.151. The number of piperazine rings is 1. The summed E-state index contributed by atoms with van der Waals surface area (Å²) in [7, 11) is 0. The molecule has 1 aromatic heterocycles. The summed E-state index contributed by atoms with van der Waals surface area (Å²) >= 11 is 6.60. The summed E-state index contributed by atoms with van der Waals surface area (Å²) in [6, 6.07) is 13.2. The zero-order valence-corrected chi connectivity index (χ0v) is 21.4. The van der Waals surface area contributed by atoms with Gasteiger partial charge in [0.1, 0.15) is 23.8 Å². The van der Waals surface area contributed by atoms with Crippen LogP contribution >= 0.6 is 11.6 Å².